The molecule has 1 atom stereocenters. The van der Waals surface area contributed by atoms with E-state index in [9.17, 15) is 9.59 Å². The summed E-state index contributed by atoms with van der Waals surface area (Å²) in [6.07, 6.45) is 6.84. The second-order valence-electron chi connectivity index (χ2n) is 7.63. The highest BCUT2D eigenvalue weighted by molar-refractivity contribution is 6.30. The number of carbonyl (C=O) groups is 2. The number of hydrogen-bond acceptors (Lipinski definition) is 4. The van der Waals surface area contributed by atoms with Gasteiger partial charge in [-0.1, -0.05) is 61.7 Å². The van der Waals surface area contributed by atoms with Crippen molar-refractivity contribution in [2.45, 2.75) is 19.9 Å². The van der Waals surface area contributed by atoms with E-state index < -0.39 is 11.9 Å². The molecule has 0 aliphatic heterocycles. The van der Waals surface area contributed by atoms with Crippen LogP contribution >= 0.6 is 11.6 Å². The Balaban J connectivity index is 1.77. The summed E-state index contributed by atoms with van der Waals surface area (Å²) in [5.74, 6) is 2.03. The summed E-state index contributed by atoms with van der Waals surface area (Å²) in [7, 11) is 0. The van der Waals surface area contributed by atoms with Crippen LogP contribution in [0.4, 0.5) is 0 Å². The molecule has 33 heavy (non-hydrogen) atoms. The molecule has 1 unspecified atom stereocenters. The van der Waals surface area contributed by atoms with E-state index in [-0.39, 0.29) is 18.4 Å². The normalized spacial score (nSPS) is 11.8. The third-order valence-electron chi connectivity index (χ3n) is 4.95. The van der Waals surface area contributed by atoms with E-state index in [1.165, 1.54) is 6.21 Å². The van der Waals surface area contributed by atoms with Gasteiger partial charge in [-0.2, -0.15) is 5.10 Å². The highest BCUT2D eigenvalue weighted by Gasteiger charge is 2.24. The lowest BCUT2D eigenvalue weighted by atomic mass is 10.0. The van der Waals surface area contributed by atoms with E-state index >= 15 is 0 Å². The van der Waals surface area contributed by atoms with Gasteiger partial charge in [-0.3, -0.25) is 9.59 Å². The molecule has 0 fully saturated rings. The number of nitrogens with zero attached hydrogens (tertiary/aromatic N) is 1. The second kappa shape index (κ2) is 11.2. The zero-order valence-electron chi connectivity index (χ0n) is 18.3. The monoisotopic (exact) mass is 461 g/mol. The number of fused-ring (bicyclic) bond motifs is 1. The Morgan fingerprint density at radius 3 is 2.55 bits per heavy atom. The summed E-state index contributed by atoms with van der Waals surface area (Å²) in [5.41, 5.74) is 3.62. The van der Waals surface area contributed by atoms with Crippen LogP contribution in [0.3, 0.4) is 0 Å². The molecule has 168 valence electrons. The number of benzene rings is 3. The molecule has 0 saturated heterocycles. The lowest BCUT2D eigenvalue weighted by Crippen LogP contribution is -2.48. The van der Waals surface area contributed by atoms with Crippen LogP contribution in [-0.4, -0.2) is 30.7 Å². The maximum atomic E-state index is 12.8. The minimum Gasteiger partial charge on any atom is -0.480 e. The second-order valence-corrected chi connectivity index (χ2v) is 8.06. The number of ether oxygens (including phenoxy) is 1. The molecule has 0 bridgehead atoms. The Labute approximate surface area is 198 Å². The van der Waals surface area contributed by atoms with E-state index in [1.54, 1.807) is 24.3 Å². The molecule has 2 amide bonds. The van der Waals surface area contributed by atoms with Gasteiger partial charge in [0.15, 0.2) is 0 Å². The van der Waals surface area contributed by atoms with Gasteiger partial charge in [-0.25, -0.2) is 5.43 Å². The first kappa shape index (κ1) is 23.8. The molecule has 0 aliphatic carbocycles. The fraction of sp³-hybridized carbons (Fsp3) is 0.192. The molecular weight excluding hydrogens is 438 g/mol. The topological polar surface area (TPSA) is 79.8 Å². The minimum absolute atomic E-state index is 0.109. The number of nitrogens with one attached hydrogen (secondary N) is 2. The highest BCUT2D eigenvalue weighted by atomic mass is 35.5. The van der Waals surface area contributed by atoms with E-state index in [0.717, 1.165) is 10.8 Å². The zero-order valence-corrected chi connectivity index (χ0v) is 19.1. The fourth-order valence-corrected chi connectivity index (χ4v) is 3.37. The third-order valence-corrected chi connectivity index (χ3v) is 5.20. The van der Waals surface area contributed by atoms with Crippen molar-refractivity contribution >= 4 is 40.4 Å². The highest BCUT2D eigenvalue weighted by Crippen LogP contribution is 2.26. The smallest absolute Gasteiger partial charge is 0.262 e. The third kappa shape index (κ3) is 6.12. The SMILES string of the molecule is C#CCOc1ccc2ccccc2c1/C=N/NC(=O)C(NC(=O)c1ccc(Cl)cc1)C(C)C. The first-order chi connectivity index (χ1) is 15.9. The van der Waals surface area contributed by atoms with Gasteiger partial charge in [0.05, 0.1) is 6.21 Å². The minimum atomic E-state index is -0.782. The molecule has 0 aromatic heterocycles. The molecule has 0 saturated carbocycles. The first-order valence-corrected chi connectivity index (χ1v) is 10.8. The van der Waals surface area contributed by atoms with Gasteiger partial charge in [0.2, 0.25) is 0 Å². The summed E-state index contributed by atoms with van der Waals surface area (Å²) < 4.78 is 5.64. The van der Waals surface area contributed by atoms with Crippen molar-refractivity contribution in [2.75, 3.05) is 6.61 Å². The van der Waals surface area contributed by atoms with Gasteiger partial charge < -0.3 is 10.1 Å². The van der Waals surface area contributed by atoms with Crippen molar-refractivity contribution in [1.82, 2.24) is 10.7 Å². The van der Waals surface area contributed by atoms with Crippen LogP contribution in [0.2, 0.25) is 5.02 Å². The predicted octanol–water partition coefficient (Wildman–Crippen LogP) is 4.41. The van der Waals surface area contributed by atoms with Crippen LogP contribution in [0, 0.1) is 18.3 Å². The van der Waals surface area contributed by atoms with Crippen molar-refractivity contribution < 1.29 is 14.3 Å². The number of carbonyl (C=O) groups excluding carboxylic acids is 2. The molecule has 0 aliphatic rings. The van der Waals surface area contributed by atoms with Crippen LogP contribution in [0.25, 0.3) is 10.8 Å². The molecule has 3 aromatic carbocycles. The maximum absolute atomic E-state index is 12.8. The molecule has 7 heteroatoms. The number of terminal acetylenes is 1. The van der Waals surface area contributed by atoms with E-state index in [2.05, 4.69) is 21.8 Å². The van der Waals surface area contributed by atoms with E-state index in [1.807, 2.05) is 50.2 Å². The Bertz CT molecular complexity index is 1210. The lowest BCUT2D eigenvalue weighted by Gasteiger charge is -2.20. The average molecular weight is 462 g/mol. The summed E-state index contributed by atoms with van der Waals surface area (Å²) in [4.78, 5) is 25.4. The number of rotatable bonds is 8. The van der Waals surface area contributed by atoms with Crippen molar-refractivity contribution in [2.24, 2.45) is 11.0 Å². The van der Waals surface area contributed by atoms with Gasteiger partial charge in [0.1, 0.15) is 18.4 Å². The molecule has 3 aromatic rings. The number of amides is 2. The van der Waals surface area contributed by atoms with Crippen LogP contribution in [0.15, 0.2) is 65.8 Å². The van der Waals surface area contributed by atoms with E-state index in [0.29, 0.717) is 21.9 Å². The molecule has 3 rings (SSSR count). The average Bonchev–Trinajstić information content (AvgIpc) is 2.81. The maximum Gasteiger partial charge on any atom is 0.262 e. The van der Waals surface area contributed by atoms with Crippen molar-refractivity contribution in [3.8, 4) is 18.1 Å². The van der Waals surface area contributed by atoms with Crippen molar-refractivity contribution in [3.05, 3.63) is 76.8 Å². The van der Waals surface area contributed by atoms with Gasteiger partial charge in [-0.15, -0.1) is 6.42 Å². The number of halogens is 1. The van der Waals surface area contributed by atoms with Crippen LogP contribution in [0.5, 0.6) is 5.75 Å². The predicted molar refractivity (Wildman–Crippen MR) is 132 cm³/mol. The van der Waals surface area contributed by atoms with Crippen molar-refractivity contribution in [3.63, 3.8) is 0 Å². The Morgan fingerprint density at radius 2 is 1.85 bits per heavy atom. The molecule has 0 heterocycles. The summed E-state index contributed by atoms with van der Waals surface area (Å²) in [6.45, 7) is 3.79. The molecular formula is C26H24ClN3O3. The van der Waals surface area contributed by atoms with E-state index in [4.69, 9.17) is 22.8 Å². The summed E-state index contributed by atoms with van der Waals surface area (Å²) in [5, 5.41) is 9.31. The standard InChI is InChI=1S/C26H24ClN3O3/c1-4-15-33-23-14-11-18-7-5-6-8-21(18)22(23)16-28-30-26(32)24(17(2)3)29-25(31)19-9-12-20(27)13-10-19/h1,5-14,16-17,24H,15H2,2-3H3,(H,29,31)(H,30,32)/b28-16+. The number of hydrogen-bond donors (Lipinski definition) is 2. The van der Waals surface area contributed by atoms with Gasteiger partial charge >= 0.3 is 0 Å². The zero-order chi connectivity index (χ0) is 23.8. The number of hydrazone groups is 1. The van der Waals surface area contributed by atoms with Crippen LogP contribution < -0.4 is 15.5 Å². The summed E-state index contributed by atoms with van der Waals surface area (Å²) in [6, 6.07) is 17.1. The Kier molecular flexibility index (Phi) is 8.06. The Morgan fingerprint density at radius 1 is 1.12 bits per heavy atom. The molecule has 0 radical (unpaired) electrons. The molecule has 2 N–H and O–H groups in total. The largest absolute Gasteiger partial charge is 0.480 e. The first-order valence-electron chi connectivity index (χ1n) is 10.4. The van der Waals surface area contributed by atoms with Gasteiger partial charge in [0, 0.05) is 16.1 Å². The molecule has 6 nitrogen and oxygen atoms in total. The van der Waals surface area contributed by atoms with Crippen LogP contribution in [-0.2, 0) is 4.79 Å². The quantitative estimate of drug-likeness (QED) is 0.296. The fourth-order valence-electron chi connectivity index (χ4n) is 3.24. The van der Waals surface area contributed by atoms with Crippen LogP contribution in [0.1, 0.15) is 29.8 Å². The van der Waals surface area contributed by atoms with Gasteiger partial charge in [0.25, 0.3) is 11.8 Å². The van der Waals surface area contributed by atoms with Gasteiger partial charge in [-0.05, 0) is 47.0 Å². The molecule has 0 spiro atoms. The Hall–Kier alpha value is -3.82. The summed E-state index contributed by atoms with van der Waals surface area (Å²) >= 11 is 5.88. The lowest BCUT2D eigenvalue weighted by molar-refractivity contribution is -0.123. The van der Waals surface area contributed by atoms with Crippen molar-refractivity contribution in [1.29, 1.82) is 0 Å².